The lowest BCUT2D eigenvalue weighted by atomic mass is 9.97. The number of halogens is 3. The summed E-state index contributed by atoms with van der Waals surface area (Å²) < 4.78 is 39.1. The van der Waals surface area contributed by atoms with Crippen molar-refractivity contribution in [2.75, 3.05) is 26.2 Å². The Morgan fingerprint density at radius 3 is 2.36 bits per heavy atom. The lowest BCUT2D eigenvalue weighted by Gasteiger charge is -2.35. The molecule has 1 aliphatic heterocycles. The Morgan fingerprint density at radius 1 is 1.00 bits per heavy atom. The Labute approximate surface area is 127 Å². The van der Waals surface area contributed by atoms with Crippen LogP contribution in [0.25, 0.3) is 10.8 Å². The number of hydrogen-bond acceptors (Lipinski definition) is 2. The summed E-state index contributed by atoms with van der Waals surface area (Å²) in [7, 11) is 0. The van der Waals surface area contributed by atoms with Crippen LogP contribution in [0.4, 0.5) is 13.2 Å². The van der Waals surface area contributed by atoms with E-state index in [1.54, 1.807) is 0 Å². The van der Waals surface area contributed by atoms with E-state index >= 15 is 0 Å². The number of fused-ring (bicyclic) bond motifs is 1. The summed E-state index contributed by atoms with van der Waals surface area (Å²) >= 11 is 0. The average molecular weight is 308 g/mol. The second-order valence-corrected chi connectivity index (χ2v) is 5.73. The number of nitrogens with zero attached hydrogens (tertiary/aromatic N) is 1. The molecule has 1 N–H and O–H groups in total. The van der Waals surface area contributed by atoms with Crippen LogP contribution < -0.4 is 5.32 Å². The minimum atomic E-state index is -4.17. The summed E-state index contributed by atoms with van der Waals surface area (Å²) in [6, 6.07) is 12.8. The van der Waals surface area contributed by atoms with Crippen molar-refractivity contribution in [3.8, 4) is 0 Å². The molecule has 1 saturated heterocycles. The Hall–Kier alpha value is -1.59. The van der Waals surface area contributed by atoms with Crippen molar-refractivity contribution in [3.63, 3.8) is 0 Å². The molecule has 5 heteroatoms. The molecule has 0 bridgehead atoms. The zero-order chi connectivity index (χ0) is 15.6. The van der Waals surface area contributed by atoms with Gasteiger partial charge in [0, 0.05) is 32.2 Å². The molecule has 0 unspecified atom stereocenters. The normalized spacial score (nSPS) is 18.5. The summed E-state index contributed by atoms with van der Waals surface area (Å²) in [6.45, 7) is 2.77. The molecular weight excluding hydrogens is 289 g/mol. The van der Waals surface area contributed by atoms with Gasteiger partial charge >= 0.3 is 6.18 Å². The highest BCUT2D eigenvalue weighted by Crippen LogP contribution is 2.35. The second kappa shape index (κ2) is 6.26. The highest BCUT2D eigenvalue weighted by atomic mass is 19.4. The lowest BCUT2D eigenvalue weighted by Crippen LogP contribution is -2.46. The molecule has 1 aliphatic rings. The fourth-order valence-corrected chi connectivity index (χ4v) is 3.09. The minimum Gasteiger partial charge on any atom is -0.314 e. The monoisotopic (exact) mass is 308 g/mol. The second-order valence-electron chi connectivity index (χ2n) is 5.73. The Kier molecular flexibility index (Phi) is 4.36. The van der Waals surface area contributed by atoms with Crippen molar-refractivity contribution in [2.45, 2.75) is 18.6 Å². The third kappa shape index (κ3) is 3.59. The zero-order valence-electron chi connectivity index (χ0n) is 12.2. The lowest BCUT2D eigenvalue weighted by molar-refractivity contribution is -0.148. The summed E-state index contributed by atoms with van der Waals surface area (Å²) in [4.78, 5) is 1.94. The van der Waals surface area contributed by atoms with Gasteiger partial charge in [-0.05, 0) is 22.4 Å². The molecule has 118 valence electrons. The summed E-state index contributed by atoms with van der Waals surface area (Å²) in [5, 5.41) is 5.23. The number of hydrogen-bond donors (Lipinski definition) is 1. The zero-order valence-corrected chi connectivity index (χ0v) is 12.2. The Bertz CT molecular complexity index is 633. The maximum Gasteiger partial charge on any atom is 0.390 e. The average Bonchev–Trinajstić information content (AvgIpc) is 2.52. The molecule has 0 radical (unpaired) electrons. The van der Waals surface area contributed by atoms with Gasteiger partial charge in [0.2, 0.25) is 0 Å². The van der Waals surface area contributed by atoms with E-state index < -0.39 is 18.6 Å². The predicted molar refractivity (Wildman–Crippen MR) is 81.8 cm³/mol. The summed E-state index contributed by atoms with van der Waals surface area (Å²) in [6.07, 6.45) is -4.97. The molecule has 1 fully saturated rings. The van der Waals surface area contributed by atoms with E-state index in [1.807, 2.05) is 47.4 Å². The maximum atomic E-state index is 13.0. The molecule has 1 heterocycles. The Morgan fingerprint density at radius 2 is 1.68 bits per heavy atom. The highest BCUT2D eigenvalue weighted by Gasteiger charge is 2.35. The van der Waals surface area contributed by atoms with Gasteiger partial charge in [-0.2, -0.15) is 13.2 Å². The number of piperazine rings is 1. The van der Waals surface area contributed by atoms with E-state index in [2.05, 4.69) is 5.32 Å². The first-order valence-corrected chi connectivity index (χ1v) is 7.53. The van der Waals surface area contributed by atoms with E-state index in [4.69, 9.17) is 0 Å². The molecule has 2 aromatic carbocycles. The van der Waals surface area contributed by atoms with Crippen LogP contribution in [0, 0.1) is 0 Å². The maximum absolute atomic E-state index is 13.0. The summed E-state index contributed by atoms with van der Waals surface area (Å²) in [5.41, 5.74) is 0.748. The first kappa shape index (κ1) is 15.3. The van der Waals surface area contributed by atoms with Crippen molar-refractivity contribution < 1.29 is 13.2 Å². The fraction of sp³-hybridized carbons (Fsp3) is 0.412. The van der Waals surface area contributed by atoms with Gasteiger partial charge < -0.3 is 5.32 Å². The first-order chi connectivity index (χ1) is 10.5. The van der Waals surface area contributed by atoms with E-state index in [-0.39, 0.29) is 0 Å². The third-order valence-corrected chi connectivity index (χ3v) is 4.18. The van der Waals surface area contributed by atoms with Gasteiger partial charge in [0.1, 0.15) is 0 Å². The van der Waals surface area contributed by atoms with E-state index in [9.17, 15) is 13.2 Å². The molecule has 0 aliphatic carbocycles. The van der Waals surface area contributed by atoms with Gasteiger partial charge in [0.15, 0.2) is 0 Å². The van der Waals surface area contributed by atoms with Gasteiger partial charge in [0.25, 0.3) is 0 Å². The van der Waals surface area contributed by atoms with Crippen LogP contribution in [-0.2, 0) is 0 Å². The van der Waals surface area contributed by atoms with Crippen molar-refractivity contribution in [1.29, 1.82) is 0 Å². The van der Waals surface area contributed by atoms with Crippen LogP contribution in [0.3, 0.4) is 0 Å². The van der Waals surface area contributed by atoms with E-state index in [0.717, 1.165) is 29.4 Å². The topological polar surface area (TPSA) is 15.3 Å². The van der Waals surface area contributed by atoms with Gasteiger partial charge in [-0.25, -0.2) is 0 Å². The number of nitrogens with one attached hydrogen (secondary N) is 1. The quantitative estimate of drug-likeness (QED) is 0.929. The van der Waals surface area contributed by atoms with Gasteiger partial charge in [0.05, 0.1) is 6.42 Å². The van der Waals surface area contributed by atoms with Crippen LogP contribution >= 0.6 is 0 Å². The highest BCUT2D eigenvalue weighted by molar-refractivity contribution is 5.83. The smallest absolute Gasteiger partial charge is 0.314 e. The molecule has 2 nitrogen and oxygen atoms in total. The van der Waals surface area contributed by atoms with Crippen molar-refractivity contribution in [2.24, 2.45) is 0 Å². The Balaban J connectivity index is 1.94. The van der Waals surface area contributed by atoms with Crippen LogP contribution in [0.2, 0.25) is 0 Å². The standard InChI is InChI=1S/C17H19F3N2/c18-17(19,20)12-16(22-9-7-21-8-10-22)15-6-5-13-3-1-2-4-14(13)11-15/h1-6,11,16,21H,7-10,12H2/t16-/m0/s1. The van der Waals surface area contributed by atoms with Gasteiger partial charge in [-0.1, -0.05) is 36.4 Å². The van der Waals surface area contributed by atoms with Crippen molar-refractivity contribution in [3.05, 3.63) is 48.0 Å². The van der Waals surface area contributed by atoms with Crippen LogP contribution in [-0.4, -0.2) is 37.3 Å². The molecule has 0 amide bonds. The molecule has 1 atom stereocenters. The van der Waals surface area contributed by atoms with E-state index in [0.29, 0.717) is 13.1 Å². The van der Waals surface area contributed by atoms with Gasteiger partial charge in [-0.15, -0.1) is 0 Å². The van der Waals surface area contributed by atoms with Crippen LogP contribution in [0.15, 0.2) is 42.5 Å². The van der Waals surface area contributed by atoms with E-state index in [1.165, 1.54) is 0 Å². The molecule has 2 aromatic rings. The third-order valence-electron chi connectivity index (χ3n) is 4.18. The molecular formula is C17H19F3N2. The van der Waals surface area contributed by atoms with Crippen molar-refractivity contribution in [1.82, 2.24) is 10.2 Å². The molecule has 0 saturated carbocycles. The largest absolute Gasteiger partial charge is 0.390 e. The van der Waals surface area contributed by atoms with Crippen LogP contribution in [0.1, 0.15) is 18.0 Å². The predicted octanol–water partition coefficient (Wildman–Crippen LogP) is 3.74. The first-order valence-electron chi connectivity index (χ1n) is 7.53. The molecule has 0 aromatic heterocycles. The number of alkyl halides is 3. The van der Waals surface area contributed by atoms with Crippen LogP contribution in [0.5, 0.6) is 0 Å². The minimum absolute atomic E-state index is 0.605. The number of benzene rings is 2. The molecule has 0 spiro atoms. The summed E-state index contributed by atoms with van der Waals surface area (Å²) in [5.74, 6) is 0. The molecule has 22 heavy (non-hydrogen) atoms. The SMILES string of the molecule is FC(F)(F)C[C@@H](c1ccc2ccccc2c1)N1CCNCC1. The molecule has 3 rings (SSSR count). The number of rotatable bonds is 3. The van der Waals surface area contributed by atoms with Crippen molar-refractivity contribution >= 4 is 10.8 Å². The van der Waals surface area contributed by atoms with Gasteiger partial charge in [-0.3, -0.25) is 4.90 Å². The fourth-order valence-electron chi connectivity index (χ4n) is 3.09.